The van der Waals surface area contributed by atoms with Crippen LogP contribution in [0.3, 0.4) is 0 Å². The first kappa shape index (κ1) is 16.2. The largest absolute Gasteiger partial charge is 0.433 e. The molecule has 0 saturated carbocycles. The summed E-state index contributed by atoms with van der Waals surface area (Å²) in [5.41, 5.74) is 0.589. The van der Waals surface area contributed by atoms with Crippen molar-refractivity contribution in [3.8, 4) is 5.75 Å². The molecule has 0 radical (unpaired) electrons. The summed E-state index contributed by atoms with van der Waals surface area (Å²) in [5, 5.41) is 6.47. The molecule has 2 N–H and O–H groups in total. The van der Waals surface area contributed by atoms with Gasteiger partial charge in [0, 0.05) is 18.8 Å². The number of halogens is 3. The maximum absolute atomic E-state index is 12.1. The highest BCUT2D eigenvalue weighted by Gasteiger charge is 2.15. The molecule has 4 nitrogen and oxygen atoms in total. The quantitative estimate of drug-likeness (QED) is 0.807. The summed E-state index contributed by atoms with van der Waals surface area (Å²) in [6, 6.07) is 4.39. The first-order chi connectivity index (χ1) is 10.0. The minimum atomic E-state index is -2.91. The molecular weight excluding hydrogens is 322 g/mol. The summed E-state index contributed by atoms with van der Waals surface area (Å²) in [6.45, 7) is -1.49. The third-order valence-corrected chi connectivity index (χ3v) is 3.46. The van der Waals surface area contributed by atoms with Gasteiger partial charge in [0.15, 0.2) is 5.11 Å². The molecular formula is C13H15ClF2N2O2S. The monoisotopic (exact) mass is 336 g/mol. The Morgan fingerprint density at radius 3 is 2.95 bits per heavy atom. The summed E-state index contributed by atoms with van der Waals surface area (Å²) in [7, 11) is 0. The van der Waals surface area contributed by atoms with E-state index in [-0.39, 0.29) is 16.9 Å². The molecule has 2 rings (SSSR count). The maximum atomic E-state index is 12.1. The fourth-order valence-electron chi connectivity index (χ4n) is 1.96. The molecule has 0 aromatic heterocycles. The van der Waals surface area contributed by atoms with Crippen molar-refractivity contribution >= 4 is 34.6 Å². The molecule has 1 heterocycles. The number of hydrogen-bond acceptors (Lipinski definition) is 3. The highest BCUT2D eigenvalue weighted by atomic mass is 35.5. The molecule has 1 atom stereocenters. The number of rotatable bonds is 5. The van der Waals surface area contributed by atoms with E-state index in [0.717, 1.165) is 19.4 Å². The van der Waals surface area contributed by atoms with Crippen LogP contribution in [0.1, 0.15) is 12.8 Å². The summed E-state index contributed by atoms with van der Waals surface area (Å²) < 4.78 is 34.0. The first-order valence-electron chi connectivity index (χ1n) is 6.45. The van der Waals surface area contributed by atoms with E-state index in [2.05, 4.69) is 15.4 Å². The number of thiocarbonyl (C=S) groups is 1. The second-order valence-corrected chi connectivity index (χ2v) is 5.31. The van der Waals surface area contributed by atoms with Crippen molar-refractivity contribution in [3.05, 3.63) is 23.2 Å². The first-order valence-corrected chi connectivity index (χ1v) is 7.24. The van der Waals surface area contributed by atoms with Gasteiger partial charge in [0.05, 0.1) is 11.1 Å². The molecule has 1 aliphatic rings. The van der Waals surface area contributed by atoms with Crippen LogP contribution < -0.4 is 15.4 Å². The predicted octanol–water partition coefficient (Wildman–Crippen LogP) is 3.41. The number of alkyl halides is 2. The van der Waals surface area contributed by atoms with Crippen LogP contribution in [0.15, 0.2) is 18.2 Å². The van der Waals surface area contributed by atoms with Crippen molar-refractivity contribution in [2.45, 2.75) is 25.6 Å². The molecule has 0 aliphatic carbocycles. The maximum Gasteiger partial charge on any atom is 0.387 e. The van der Waals surface area contributed by atoms with E-state index in [1.807, 2.05) is 0 Å². The molecule has 21 heavy (non-hydrogen) atoms. The molecule has 0 bridgehead atoms. The molecule has 8 heteroatoms. The Bertz CT molecular complexity index is 499. The van der Waals surface area contributed by atoms with Gasteiger partial charge in [0.1, 0.15) is 5.75 Å². The molecule has 1 aromatic carbocycles. The van der Waals surface area contributed by atoms with E-state index in [9.17, 15) is 8.78 Å². The lowest BCUT2D eigenvalue weighted by atomic mass is 10.2. The van der Waals surface area contributed by atoms with E-state index in [0.29, 0.717) is 17.3 Å². The van der Waals surface area contributed by atoms with Gasteiger partial charge in [-0.1, -0.05) is 11.6 Å². The zero-order chi connectivity index (χ0) is 15.2. The lowest BCUT2D eigenvalue weighted by Gasteiger charge is -2.14. The van der Waals surface area contributed by atoms with Crippen molar-refractivity contribution < 1.29 is 18.3 Å². The van der Waals surface area contributed by atoms with E-state index in [1.54, 1.807) is 6.07 Å². The molecule has 0 spiro atoms. The smallest absolute Gasteiger partial charge is 0.387 e. The Balaban J connectivity index is 1.84. The minimum Gasteiger partial charge on any atom is -0.433 e. The Labute approximate surface area is 131 Å². The van der Waals surface area contributed by atoms with Crippen LogP contribution in [-0.2, 0) is 4.74 Å². The van der Waals surface area contributed by atoms with Crippen LogP contribution in [0.2, 0.25) is 5.02 Å². The summed E-state index contributed by atoms with van der Waals surface area (Å²) in [4.78, 5) is 0. The van der Waals surface area contributed by atoms with Gasteiger partial charge < -0.3 is 20.1 Å². The average molecular weight is 337 g/mol. The van der Waals surface area contributed by atoms with Gasteiger partial charge in [0.25, 0.3) is 0 Å². The molecule has 116 valence electrons. The Morgan fingerprint density at radius 2 is 2.33 bits per heavy atom. The van der Waals surface area contributed by atoms with E-state index in [4.69, 9.17) is 28.6 Å². The van der Waals surface area contributed by atoms with Crippen LogP contribution in [0.5, 0.6) is 5.75 Å². The highest BCUT2D eigenvalue weighted by molar-refractivity contribution is 7.80. The molecule has 1 saturated heterocycles. The second-order valence-electron chi connectivity index (χ2n) is 4.49. The second kappa shape index (κ2) is 7.72. The number of anilines is 1. The third kappa shape index (κ3) is 5.26. The van der Waals surface area contributed by atoms with Crippen LogP contribution in [0.4, 0.5) is 14.5 Å². The van der Waals surface area contributed by atoms with E-state index < -0.39 is 6.61 Å². The Kier molecular flexibility index (Phi) is 5.96. The van der Waals surface area contributed by atoms with Gasteiger partial charge in [0.2, 0.25) is 0 Å². The van der Waals surface area contributed by atoms with Crippen molar-refractivity contribution in [3.63, 3.8) is 0 Å². The normalized spacial score (nSPS) is 17.8. The van der Waals surface area contributed by atoms with Gasteiger partial charge >= 0.3 is 6.61 Å². The Morgan fingerprint density at radius 1 is 1.52 bits per heavy atom. The van der Waals surface area contributed by atoms with E-state index in [1.165, 1.54) is 12.1 Å². The number of ether oxygens (including phenoxy) is 2. The summed E-state index contributed by atoms with van der Waals surface area (Å²) in [6.07, 6.45) is 2.25. The lowest BCUT2D eigenvalue weighted by molar-refractivity contribution is -0.0497. The molecule has 1 aliphatic heterocycles. The van der Waals surface area contributed by atoms with Crippen LogP contribution in [0, 0.1) is 0 Å². The van der Waals surface area contributed by atoms with E-state index >= 15 is 0 Å². The standard InChI is InChI=1S/C13H15ClF2N2O2S/c14-10-6-8(3-4-11(10)20-12(15)16)18-13(21)17-7-9-2-1-5-19-9/h3-4,6,9,12H,1-2,5,7H2,(H2,17,18,21)/t9-/m0/s1. The Hall–Kier alpha value is -1.18. The average Bonchev–Trinajstić information content (AvgIpc) is 2.92. The van der Waals surface area contributed by atoms with Crippen molar-refractivity contribution in [2.24, 2.45) is 0 Å². The van der Waals surface area contributed by atoms with Gasteiger partial charge in [-0.05, 0) is 43.3 Å². The van der Waals surface area contributed by atoms with Crippen LogP contribution in [-0.4, -0.2) is 31.0 Å². The molecule has 1 aromatic rings. The van der Waals surface area contributed by atoms with Gasteiger partial charge in [-0.2, -0.15) is 8.78 Å². The van der Waals surface area contributed by atoms with Gasteiger partial charge in [-0.25, -0.2) is 0 Å². The highest BCUT2D eigenvalue weighted by Crippen LogP contribution is 2.28. The molecule has 0 amide bonds. The topological polar surface area (TPSA) is 42.5 Å². The molecule has 1 fully saturated rings. The fraction of sp³-hybridized carbons (Fsp3) is 0.462. The van der Waals surface area contributed by atoms with Crippen molar-refractivity contribution in [1.82, 2.24) is 5.32 Å². The molecule has 0 unspecified atom stereocenters. The zero-order valence-corrected chi connectivity index (χ0v) is 12.6. The van der Waals surface area contributed by atoms with Crippen LogP contribution in [0.25, 0.3) is 0 Å². The number of nitrogens with one attached hydrogen (secondary N) is 2. The number of hydrogen-bond donors (Lipinski definition) is 2. The summed E-state index contributed by atoms with van der Waals surface area (Å²) in [5.74, 6) is -0.0737. The zero-order valence-electron chi connectivity index (χ0n) is 11.1. The lowest BCUT2D eigenvalue weighted by Crippen LogP contribution is -2.34. The van der Waals surface area contributed by atoms with Gasteiger partial charge in [-0.15, -0.1) is 0 Å². The number of benzene rings is 1. The predicted molar refractivity (Wildman–Crippen MR) is 81.3 cm³/mol. The van der Waals surface area contributed by atoms with Gasteiger partial charge in [-0.3, -0.25) is 0 Å². The minimum absolute atomic E-state index is 0.0737. The SMILES string of the molecule is FC(F)Oc1ccc(NC(=S)NC[C@@H]2CCCO2)cc1Cl. The summed E-state index contributed by atoms with van der Waals surface area (Å²) >= 11 is 11.0. The van der Waals surface area contributed by atoms with Crippen molar-refractivity contribution in [1.29, 1.82) is 0 Å². The van der Waals surface area contributed by atoms with Crippen molar-refractivity contribution in [2.75, 3.05) is 18.5 Å². The van der Waals surface area contributed by atoms with Crippen LogP contribution >= 0.6 is 23.8 Å². The fourth-order valence-corrected chi connectivity index (χ4v) is 2.38. The third-order valence-electron chi connectivity index (χ3n) is 2.92.